The highest BCUT2D eigenvalue weighted by molar-refractivity contribution is 4.79. The second-order valence-electron chi connectivity index (χ2n) is 5.77. The van der Waals surface area contributed by atoms with E-state index in [0.29, 0.717) is 18.8 Å². The van der Waals surface area contributed by atoms with Gasteiger partial charge in [-0.2, -0.15) is 0 Å². The molecule has 0 aromatic heterocycles. The summed E-state index contributed by atoms with van der Waals surface area (Å²) >= 11 is 0. The first kappa shape index (κ1) is 13.9. The number of hydrogen-bond donors (Lipinski definition) is 2. The van der Waals surface area contributed by atoms with Gasteiger partial charge in [-0.15, -0.1) is 0 Å². The zero-order valence-electron chi connectivity index (χ0n) is 11.0. The Morgan fingerprint density at radius 2 is 2.19 bits per heavy atom. The van der Waals surface area contributed by atoms with Crippen molar-refractivity contribution in [1.29, 1.82) is 0 Å². The summed E-state index contributed by atoms with van der Waals surface area (Å²) in [4.78, 5) is 0. The van der Waals surface area contributed by atoms with Crippen LogP contribution in [0.15, 0.2) is 0 Å². The van der Waals surface area contributed by atoms with E-state index in [1.165, 1.54) is 0 Å². The molecule has 0 aliphatic carbocycles. The molecule has 1 aliphatic rings. The Balaban J connectivity index is 2.21. The molecule has 3 heteroatoms. The summed E-state index contributed by atoms with van der Waals surface area (Å²) in [6.45, 7) is 8.89. The van der Waals surface area contributed by atoms with E-state index in [-0.39, 0.29) is 5.41 Å². The number of aliphatic hydroxyl groups excluding tert-OH is 1. The van der Waals surface area contributed by atoms with Gasteiger partial charge in [-0.3, -0.25) is 0 Å². The molecule has 3 nitrogen and oxygen atoms in total. The fourth-order valence-electron chi connectivity index (χ4n) is 2.25. The number of nitrogens with one attached hydrogen (secondary N) is 1. The minimum atomic E-state index is 0.282. The standard InChI is InChI=1S/C13H27NO2/c1-11-9-12(5-8-16-11)14-10-13(2,3)6-4-7-15/h11-12,14-15H,4-10H2,1-3H3. The molecule has 2 unspecified atom stereocenters. The Labute approximate surface area is 99.6 Å². The van der Waals surface area contributed by atoms with Gasteiger partial charge in [-0.1, -0.05) is 13.8 Å². The summed E-state index contributed by atoms with van der Waals surface area (Å²) in [5.74, 6) is 0. The molecular formula is C13H27NO2. The molecule has 0 bridgehead atoms. The van der Waals surface area contributed by atoms with Crippen molar-refractivity contribution in [2.45, 2.75) is 58.6 Å². The van der Waals surface area contributed by atoms with Gasteiger partial charge in [0.05, 0.1) is 6.10 Å². The molecule has 0 radical (unpaired) electrons. The first-order valence-electron chi connectivity index (χ1n) is 6.49. The highest BCUT2D eigenvalue weighted by atomic mass is 16.5. The molecule has 0 spiro atoms. The Morgan fingerprint density at radius 3 is 2.81 bits per heavy atom. The fraction of sp³-hybridized carbons (Fsp3) is 1.00. The molecule has 2 atom stereocenters. The molecule has 1 aliphatic heterocycles. The molecule has 1 heterocycles. The lowest BCUT2D eigenvalue weighted by Crippen LogP contribution is -2.42. The predicted octanol–water partition coefficient (Wildman–Crippen LogP) is 1.94. The smallest absolute Gasteiger partial charge is 0.0561 e. The molecule has 2 N–H and O–H groups in total. The van der Waals surface area contributed by atoms with Crippen LogP contribution in [-0.2, 0) is 4.74 Å². The first-order valence-corrected chi connectivity index (χ1v) is 6.49. The van der Waals surface area contributed by atoms with Crippen molar-refractivity contribution < 1.29 is 9.84 Å². The van der Waals surface area contributed by atoms with E-state index >= 15 is 0 Å². The fourth-order valence-corrected chi connectivity index (χ4v) is 2.25. The number of ether oxygens (including phenoxy) is 1. The van der Waals surface area contributed by atoms with Crippen molar-refractivity contribution >= 4 is 0 Å². The van der Waals surface area contributed by atoms with Gasteiger partial charge in [-0.05, 0) is 38.0 Å². The molecule has 1 fully saturated rings. The Bertz CT molecular complexity index is 194. The van der Waals surface area contributed by atoms with Crippen LogP contribution in [0.25, 0.3) is 0 Å². The number of hydrogen-bond acceptors (Lipinski definition) is 3. The molecule has 0 amide bonds. The SMILES string of the molecule is CC1CC(NCC(C)(C)CCCO)CCO1. The largest absolute Gasteiger partial charge is 0.396 e. The minimum absolute atomic E-state index is 0.282. The van der Waals surface area contributed by atoms with Crippen molar-refractivity contribution in [2.75, 3.05) is 19.8 Å². The zero-order chi connectivity index (χ0) is 12.0. The van der Waals surface area contributed by atoms with Crippen molar-refractivity contribution in [3.8, 4) is 0 Å². The highest BCUT2D eigenvalue weighted by Gasteiger charge is 2.22. The Morgan fingerprint density at radius 1 is 1.44 bits per heavy atom. The van der Waals surface area contributed by atoms with Crippen LogP contribution in [0.1, 0.15) is 46.5 Å². The maximum atomic E-state index is 8.84. The van der Waals surface area contributed by atoms with Gasteiger partial charge in [0, 0.05) is 25.8 Å². The zero-order valence-corrected chi connectivity index (χ0v) is 11.0. The van der Waals surface area contributed by atoms with Gasteiger partial charge in [0.15, 0.2) is 0 Å². The normalized spacial score (nSPS) is 27.0. The van der Waals surface area contributed by atoms with Gasteiger partial charge < -0.3 is 15.2 Å². The summed E-state index contributed by atoms with van der Waals surface area (Å²) in [6.07, 6.45) is 4.62. The molecule has 1 saturated heterocycles. The Kier molecular flexibility index (Phi) is 5.73. The lowest BCUT2D eigenvalue weighted by molar-refractivity contribution is 0.0115. The average molecular weight is 229 g/mol. The van der Waals surface area contributed by atoms with Crippen LogP contribution in [-0.4, -0.2) is 37.0 Å². The van der Waals surface area contributed by atoms with Crippen LogP contribution in [0.3, 0.4) is 0 Å². The topological polar surface area (TPSA) is 41.5 Å². The molecule has 96 valence electrons. The summed E-state index contributed by atoms with van der Waals surface area (Å²) in [5, 5.41) is 12.5. The van der Waals surface area contributed by atoms with Crippen molar-refractivity contribution in [2.24, 2.45) is 5.41 Å². The van der Waals surface area contributed by atoms with Crippen molar-refractivity contribution in [3.05, 3.63) is 0 Å². The Hall–Kier alpha value is -0.120. The third-order valence-electron chi connectivity index (χ3n) is 3.37. The monoisotopic (exact) mass is 229 g/mol. The molecule has 0 aromatic rings. The maximum absolute atomic E-state index is 8.84. The van der Waals surface area contributed by atoms with E-state index in [1.54, 1.807) is 0 Å². The maximum Gasteiger partial charge on any atom is 0.0561 e. The summed E-state index contributed by atoms with van der Waals surface area (Å²) in [6, 6.07) is 0.608. The first-order chi connectivity index (χ1) is 7.53. The number of rotatable bonds is 6. The van der Waals surface area contributed by atoms with Crippen LogP contribution < -0.4 is 5.32 Å². The molecule has 0 saturated carbocycles. The molecule has 1 rings (SSSR count). The van der Waals surface area contributed by atoms with E-state index in [0.717, 1.165) is 38.8 Å². The third-order valence-corrected chi connectivity index (χ3v) is 3.37. The molecular weight excluding hydrogens is 202 g/mol. The van der Waals surface area contributed by atoms with Gasteiger partial charge in [-0.25, -0.2) is 0 Å². The highest BCUT2D eigenvalue weighted by Crippen LogP contribution is 2.22. The van der Waals surface area contributed by atoms with E-state index in [2.05, 4.69) is 26.1 Å². The minimum Gasteiger partial charge on any atom is -0.396 e. The second-order valence-corrected chi connectivity index (χ2v) is 5.77. The van der Waals surface area contributed by atoms with E-state index in [1.807, 2.05) is 0 Å². The summed E-state index contributed by atoms with van der Waals surface area (Å²) in [7, 11) is 0. The quantitative estimate of drug-likeness (QED) is 0.731. The number of aliphatic hydroxyl groups is 1. The van der Waals surface area contributed by atoms with Gasteiger partial charge in [0.25, 0.3) is 0 Å². The van der Waals surface area contributed by atoms with Gasteiger partial charge in [0.2, 0.25) is 0 Å². The van der Waals surface area contributed by atoms with Crippen LogP contribution in [0.4, 0.5) is 0 Å². The predicted molar refractivity (Wildman–Crippen MR) is 66.5 cm³/mol. The van der Waals surface area contributed by atoms with Gasteiger partial charge in [0.1, 0.15) is 0 Å². The van der Waals surface area contributed by atoms with Crippen molar-refractivity contribution in [1.82, 2.24) is 5.32 Å². The third kappa shape index (κ3) is 5.28. The lowest BCUT2D eigenvalue weighted by Gasteiger charge is -2.32. The summed E-state index contributed by atoms with van der Waals surface area (Å²) in [5.41, 5.74) is 0.282. The van der Waals surface area contributed by atoms with Crippen LogP contribution in [0, 0.1) is 5.41 Å². The second kappa shape index (κ2) is 6.58. The van der Waals surface area contributed by atoms with Crippen LogP contribution in [0.2, 0.25) is 0 Å². The molecule has 16 heavy (non-hydrogen) atoms. The van der Waals surface area contributed by atoms with E-state index in [4.69, 9.17) is 9.84 Å². The average Bonchev–Trinajstić information content (AvgIpc) is 2.24. The van der Waals surface area contributed by atoms with E-state index in [9.17, 15) is 0 Å². The summed E-state index contributed by atoms with van der Waals surface area (Å²) < 4.78 is 5.53. The van der Waals surface area contributed by atoms with Crippen LogP contribution >= 0.6 is 0 Å². The van der Waals surface area contributed by atoms with Crippen LogP contribution in [0.5, 0.6) is 0 Å². The molecule has 0 aromatic carbocycles. The van der Waals surface area contributed by atoms with Crippen molar-refractivity contribution in [3.63, 3.8) is 0 Å². The van der Waals surface area contributed by atoms with Gasteiger partial charge >= 0.3 is 0 Å². The van der Waals surface area contributed by atoms with E-state index < -0.39 is 0 Å². The lowest BCUT2D eigenvalue weighted by atomic mass is 9.87.